The molecule has 13 heavy (non-hydrogen) atoms. The van der Waals surface area contributed by atoms with Crippen LogP contribution in [0.25, 0.3) is 0 Å². The second-order valence-electron chi connectivity index (χ2n) is 3.04. The molecule has 0 saturated heterocycles. The normalized spacial score (nSPS) is 9.00. The molecule has 0 nitrogen and oxygen atoms in total. The Hall–Kier alpha value is -1.30. The third-order valence-electron chi connectivity index (χ3n) is 1.98. The third-order valence-corrected chi connectivity index (χ3v) is 1.98. The minimum atomic E-state index is 0.822. The smallest absolute Gasteiger partial charge is 0.0193 e. The summed E-state index contributed by atoms with van der Waals surface area (Å²) in [5, 5.41) is 0. The zero-order valence-corrected chi connectivity index (χ0v) is 8.53. The highest BCUT2D eigenvalue weighted by Gasteiger charge is 2.04. The van der Waals surface area contributed by atoms with Crippen molar-refractivity contribution in [2.75, 3.05) is 0 Å². The first kappa shape index (κ1) is 11.7. The van der Waals surface area contributed by atoms with Crippen LogP contribution >= 0.6 is 0 Å². The van der Waals surface area contributed by atoms with Gasteiger partial charge in [0, 0.05) is 0 Å². The van der Waals surface area contributed by atoms with E-state index >= 15 is 0 Å². The number of hydrogen-bond acceptors (Lipinski definition) is 0. The monoisotopic (exact) mass is 174 g/mol. The maximum atomic E-state index is 3.95. The fourth-order valence-electron chi connectivity index (χ4n) is 0.983. The van der Waals surface area contributed by atoms with Gasteiger partial charge < -0.3 is 0 Å². The van der Waals surface area contributed by atoms with Crippen LogP contribution in [0.1, 0.15) is 19.8 Å². The zero-order valence-electron chi connectivity index (χ0n) is 8.53. The molecule has 0 aromatic carbocycles. The van der Waals surface area contributed by atoms with Gasteiger partial charge in [-0.2, -0.15) is 0 Å². The molecule has 0 aliphatic heterocycles. The Labute approximate surface area is 81.7 Å². The van der Waals surface area contributed by atoms with Crippen LogP contribution in [0.4, 0.5) is 0 Å². The lowest BCUT2D eigenvalue weighted by molar-refractivity contribution is 0.919. The second kappa shape index (κ2) is 5.36. The summed E-state index contributed by atoms with van der Waals surface area (Å²) in [5.41, 5.74) is 3.60. The molecule has 0 saturated carbocycles. The van der Waals surface area contributed by atoms with E-state index in [9.17, 15) is 0 Å². The molecule has 0 aliphatic rings. The van der Waals surface area contributed by atoms with E-state index in [0.717, 1.165) is 35.1 Å². The molecule has 0 N–H and O–H groups in total. The molecule has 0 bridgehead atoms. The summed E-state index contributed by atoms with van der Waals surface area (Å²) in [6.07, 6.45) is 3.72. The molecule has 0 aromatic rings. The Balaban J connectivity index is 4.43. The fraction of sp³-hybridized carbons (Fsp3) is 0.231. The van der Waals surface area contributed by atoms with Gasteiger partial charge in [0.05, 0.1) is 0 Å². The summed E-state index contributed by atoms with van der Waals surface area (Å²) in [4.78, 5) is 0. The van der Waals surface area contributed by atoms with E-state index < -0.39 is 0 Å². The first-order valence-electron chi connectivity index (χ1n) is 4.42. The van der Waals surface area contributed by atoms with Crippen molar-refractivity contribution in [1.29, 1.82) is 0 Å². The summed E-state index contributed by atoms with van der Waals surface area (Å²) in [6.45, 7) is 21.3. The van der Waals surface area contributed by atoms with Gasteiger partial charge in [-0.15, -0.1) is 0 Å². The van der Waals surface area contributed by atoms with Gasteiger partial charge in [0.2, 0.25) is 0 Å². The summed E-state index contributed by atoms with van der Waals surface area (Å²) in [5.74, 6) is 0. The summed E-state index contributed by atoms with van der Waals surface area (Å²) in [6, 6.07) is 0. The predicted octanol–water partition coefficient (Wildman–Crippen LogP) is 4.20. The van der Waals surface area contributed by atoms with Gasteiger partial charge in [0.15, 0.2) is 0 Å². The lowest BCUT2D eigenvalue weighted by Crippen LogP contribution is -1.92. The molecule has 0 fully saturated rings. The van der Waals surface area contributed by atoms with Crippen LogP contribution in [0.5, 0.6) is 0 Å². The van der Waals surface area contributed by atoms with E-state index in [-0.39, 0.29) is 0 Å². The quantitative estimate of drug-likeness (QED) is 0.529. The van der Waals surface area contributed by atoms with Gasteiger partial charge in [-0.1, -0.05) is 52.3 Å². The van der Waals surface area contributed by atoms with Crippen LogP contribution < -0.4 is 0 Å². The molecule has 0 unspecified atom stereocenters. The molecule has 0 radical (unpaired) electrons. The maximum Gasteiger partial charge on any atom is -0.0193 e. The van der Waals surface area contributed by atoms with Crippen molar-refractivity contribution in [3.8, 4) is 0 Å². The average Bonchev–Trinajstić information content (AvgIpc) is 2.14. The van der Waals surface area contributed by atoms with E-state index in [1.54, 1.807) is 6.08 Å². The van der Waals surface area contributed by atoms with Crippen LogP contribution in [0.3, 0.4) is 0 Å². The second-order valence-corrected chi connectivity index (χ2v) is 3.04. The standard InChI is InChI=1S/C13H18/c1-7-9-11(4)13(6)12(5)10(3)8-2/h8H,2-7,9H2,1H3. The van der Waals surface area contributed by atoms with Gasteiger partial charge in [0.1, 0.15) is 0 Å². The molecular weight excluding hydrogens is 156 g/mol. The Morgan fingerprint density at radius 2 is 1.62 bits per heavy atom. The van der Waals surface area contributed by atoms with E-state index in [2.05, 4.69) is 39.8 Å². The maximum absolute atomic E-state index is 3.95. The summed E-state index contributed by atoms with van der Waals surface area (Å²) < 4.78 is 0. The van der Waals surface area contributed by atoms with Gasteiger partial charge in [-0.25, -0.2) is 0 Å². The van der Waals surface area contributed by atoms with Crippen LogP contribution in [0, 0.1) is 0 Å². The first-order chi connectivity index (χ1) is 6.04. The fourth-order valence-corrected chi connectivity index (χ4v) is 0.983. The lowest BCUT2D eigenvalue weighted by Gasteiger charge is -2.11. The topological polar surface area (TPSA) is 0 Å². The van der Waals surface area contributed by atoms with Crippen molar-refractivity contribution in [2.24, 2.45) is 0 Å². The van der Waals surface area contributed by atoms with Crippen LogP contribution in [0.15, 0.2) is 61.3 Å². The molecule has 0 aromatic heterocycles. The molecule has 0 heteroatoms. The summed E-state index contributed by atoms with van der Waals surface area (Å²) >= 11 is 0. The van der Waals surface area contributed by atoms with Crippen molar-refractivity contribution in [1.82, 2.24) is 0 Å². The molecule has 0 heterocycles. The van der Waals surface area contributed by atoms with Gasteiger partial charge in [-0.05, 0) is 28.7 Å². The van der Waals surface area contributed by atoms with E-state index in [4.69, 9.17) is 0 Å². The molecule has 0 spiro atoms. The van der Waals surface area contributed by atoms with E-state index in [1.165, 1.54) is 0 Å². The number of rotatable bonds is 6. The minimum absolute atomic E-state index is 0.822. The van der Waals surface area contributed by atoms with Crippen molar-refractivity contribution in [3.05, 3.63) is 61.3 Å². The third kappa shape index (κ3) is 3.29. The highest BCUT2D eigenvalue weighted by molar-refractivity contribution is 5.54. The van der Waals surface area contributed by atoms with Crippen LogP contribution in [-0.2, 0) is 0 Å². The molecule has 0 rings (SSSR count). The van der Waals surface area contributed by atoms with Gasteiger partial charge >= 0.3 is 0 Å². The van der Waals surface area contributed by atoms with Crippen molar-refractivity contribution >= 4 is 0 Å². The molecule has 0 atom stereocenters. The van der Waals surface area contributed by atoms with Crippen LogP contribution in [0.2, 0.25) is 0 Å². The summed E-state index contributed by atoms with van der Waals surface area (Å²) in [7, 11) is 0. The van der Waals surface area contributed by atoms with Gasteiger partial charge in [0.25, 0.3) is 0 Å². The first-order valence-corrected chi connectivity index (χ1v) is 4.42. The Morgan fingerprint density at radius 3 is 2.00 bits per heavy atom. The number of allylic oxidation sites excluding steroid dienone is 5. The Kier molecular flexibility index (Phi) is 4.83. The largest absolute Gasteiger partial charge is 0.0985 e. The molecule has 70 valence electrons. The van der Waals surface area contributed by atoms with Crippen molar-refractivity contribution in [2.45, 2.75) is 19.8 Å². The predicted molar refractivity (Wildman–Crippen MR) is 61.7 cm³/mol. The average molecular weight is 174 g/mol. The zero-order chi connectivity index (χ0) is 10.4. The van der Waals surface area contributed by atoms with Gasteiger partial charge in [-0.3, -0.25) is 0 Å². The molecule has 0 aliphatic carbocycles. The molecule has 0 amide bonds. The Morgan fingerprint density at radius 1 is 1.08 bits per heavy atom. The number of hydrogen-bond donors (Lipinski definition) is 0. The highest BCUT2D eigenvalue weighted by atomic mass is 14.1. The lowest BCUT2D eigenvalue weighted by atomic mass is 9.94. The van der Waals surface area contributed by atoms with Crippen molar-refractivity contribution < 1.29 is 0 Å². The SMILES string of the molecule is C=CC(=C)C(=C)C(=C)C(=C)CCC. The van der Waals surface area contributed by atoms with E-state index in [1.807, 2.05) is 0 Å². The molecular formula is C13H18. The minimum Gasteiger partial charge on any atom is -0.0985 e. The van der Waals surface area contributed by atoms with Crippen molar-refractivity contribution in [3.63, 3.8) is 0 Å². The Bertz CT molecular complexity index is 264. The highest BCUT2D eigenvalue weighted by Crippen LogP contribution is 2.23. The van der Waals surface area contributed by atoms with Crippen LogP contribution in [-0.4, -0.2) is 0 Å². The van der Waals surface area contributed by atoms with E-state index in [0.29, 0.717) is 0 Å².